The second-order valence-electron chi connectivity index (χ2n) is 6.39. The van der Waals surface area contributed by atoms with Crippen molar-refractivity contribution in [3.05, 3.63) is 30.2 Å². The largest absolute Gasteiger partial charge is 0.354 e. The molecule has 1 atom stereocenters. The number of hydrogen-bond donors (Lipinski definition) is 3. The minimum Gasteiger partial charge on any atom is -0.354 e. The molecular formula is C16H22N6O2. The smallest absolute Gasteiger partial charge is 0.230 e. The minimum absolute atomic E-state index is 0.000371. The lowest BCUT2D eigenvalue weighted by molar-refractivity contribution is -0.120. The second kappa shape index (κ2) is 6.86. The van der Waals surface area contributed by atoms with Gasteiger partial charge in [0.05, 0.1) is 18.2 Å². The molecular weight excluding hydrogens is 308 g/mol. The van der Waals surface area contributed by atoms with Gasteiger partial charge in [0, 0.05) is 37.3 Å². The highest BCUT2D eigenvalue weighted by molar-refractivity contribution is 5.91. The summed E-state index contributed by atoms with van der Waals surface area (Å²) in [5, 5.41) is 17.0. The Morgan fingerprint density at radius 2 is 2.25 bits per heavy atom. The molecule has 2 aromatic heterocycles. The fourth-order valence-electron chi connectivity index (χ4n) is 2.90. The molecule has 3 rings (SSSR count). The van der Waals surface area contributed by atoms with Crippen LogP contribution in [-0.4, -0.2) is 37.8 Å². The van der Waals surface area contributed by atoms with Gasteiger partial charge in [0.25, 0.3) is 0 Å². The lowest BCUT2D eigenvalue weighted by Gasteiger charge is -2.34. The summed E-state index contributed by atoms with van der Waals surface area (Å²) in [5.74, 6) is 0.644. The van der Waals surface area contributed by atoms with E-state index in [1.165, 1.54) is 6.92 Å². The SMILES string of the molecule is CC(=O)NC1CC(c2cc(NC(=O)C(C)Cn3cccn3)[nH]n2)C1. The van der Waals surface area contributed by atoms with Crippen LogP contribution < -0.4 is 10.6 Å². The van der Waals surface area contributed by atoms with Gasteiger partial charge in [0.2, 0.25) is 11.8 Å². The van der Waals surface area contributed by atoms with E-state index < -0.39 is 0 Å². The summed E-state index contributed by atoms with van der Waals surface area (Å²) >= 11 is 0. The van der Waals surface area contributed by atoms with Gasteiger partial charge in [0.15, 0.2) is 0 Å². The molecule has 0 spiro atoms. The van der Waals surface area contributed by atoms with Crippen LogP contribution in [0.1, 0.15) is 38.3 Å². The maximum atomic E-state index is 12.2. The lowest BCUT2D eigenvalue weighted by Crippen LogP contribution is -2.42. The Labute approximate surface area is 140 Å². The van der Waals surface area contributed by atoms with Crippen molar-refractivity contribution in [2.45, 2.75) is 45.2 Å². The number of aromatic nitrogens is 4. The zero-order valence-corrected chi connectivity index (χ0v) is 13.8. The Bertz CT molecular complexity index is 702. The van der Waals surface area contributed by atoms with E-state index in [-0.39, 0.29) is 23.8 Å². The molecule has 128 valence electrons. The Kier molecular flexibility index (Phi) is 4.64. The van der Waals surface area contributed by atoms with Gasteiger partial charge >= 0.3 is 0 Å². The summed E-state index contributed by atoms with van der Waals surface area (Å²) in [4.78, 5) is 23.2. The number of amides is 2. The highest BCUT2D eigenvalue weighted by atomic mass is 16.2. The van der Waals surface area contributed by atoms with Gasteiger partial charge in [-0.15, -0.1) is 0 Å². The molecule has 8 heteroatoms. The average molecular weight is 330 g/mol. The van der Waals surface area contributed by atoms with Crippen molar-refractivity contribution in [3.8, 4) is 0 Å². The fraction of sp³-hybridized carbons (Fsp3) is 0.500. The maximum absolute atomic E-state index is 12.2. The van der Waals surface area contributed by atoms with Gasteiger partial charge in [0.1, 0.15) is 5.82 Å². The first-order valence-corrected chi connectivity index (χ1v) is 8.12. The Morgan fingerprint density at radius 1 is 1.46 bits per heavy atom. The number of carbonyl (C=O) groups is 2. The number of nitrogens with one attached hydrogen (secondary N) is 3. The number of carbonyl (C=O) groups excluding carboxylic acids is 2. The van der Waals surface area contributed by atoms with Crippen LogP contribution in [0, 0.1) is 5.92 Å². The third kappa shape index (κ3) is 3.81. The topological polar surface area (TPSA) is 105 Å². The Balaban J connectivity index is 1.49. The first kappa shape index (κ1) is 16.2. The van der Waals surface area contributed by atoms with E-state index >= 15 is 0 Å². The van der Waals surface area contributed by atoms with E-state index in [0.29, 0.717) is 18.3 Å². The van der Waals surface area contributed by atoms with E-state index in [2.05, 4.69) is 25.9 Å². The van der Waals surface area contributed by atoms with E-state index in [1.54, 1.807) is 10.9 Å². The quantitative estimate of drug-likeness (QED) is 0.741. The molecule has 0 aliphatic heterocycles. The van der Waals surface area contributed by atoms with Crippen LogP contribution >= 0.6 is 0 Å². The van der Waals surface area contributed by atoms with E-state index in [0.717, 1.165) is 18.5 Å². The number of H-pyrrole nitrogens is 1. The normalized spacial score (nSPS) is 20.9. The van der Waals surface area contributed by atoms with E-state index in [1.807, 2.05) is 25.3 Å². The standard InChI is InChI=1S/C16H22N6O2/c1-10(9-22-5-3-4-17-22)16(24)19-15-8-14(20-21-15)12-6-13(7-12)18-11(2)23/h3-5,8,10,12-13H,6-7,9H2,1-2H3,(H,18,23)(H2,19,20,21,24). The predicted molar refractivity (Wildman–Crippen MR) is 88.2 cm³/mol. The average Bonchev–Trinajstić information content (AvgIpc) is 3.14. The van der Waals surface area contributed by atoms with E-state index in [9.17, 15) is 9.59 Å². The highest BCUT2D eigenvalue weighted by Crippen LogP contribution is 2.36. The summed E-state index contributed by atoms with van der Waals surface area (Å²) < 4.78 is 1.74. The van der Waals surface area contributed by atoms with Crippen molar-refractivity contribution in [1.82, 2.24) is 25.3 Å². The first-order chi connectivity index (χ1) is 11.5. The third-order valence-corrected chi connectivity index (χ3v) is 4.29. The summed E-state index contributed by atoms with van der Waals surface area (Å²) in [6.45, 7) is 3.92. The zero-order chi connectivity index (χ0) is 17.1. The number of rotatable bonds is 6. The van der Waals surface area contributed by atoms with Crippen molar-refractivity contribution in [3.63, 3.8) is 0 Å². The molecule has 1 unspecified atom stereocenters. The predicted octanol–water partition coefficient (Wildman–Crippen LogP) is 1.26. The Morgan fingerprint density at radius 3 is 2.92 bits per heavy atom. The molecule has 2 amide bonds. The van der Waals surface area contributed by atoms with Crippen LogP contribution in [0.5, 0.6) is 0 Å². The van der Waals surface area contributed by atoms with Gasteiger partial charge in [-0.25, -0.2) is 0 Å². The molecule has 1 saturated carbocycles. The van der Waals surface area contributed by atoms with Gasteiger partial charge in [-0.05, 0) is 18.9 Å². The van der Waals surface area contributed by atoms with Crippen molar-refractivity contribution in [2.75, 3.05) is 5.32 Å². The molecule has 3 N–H and O–H groups in total. The van der Waals surface area contributed by atoms with Crippen LogP contribution in [0.15, 0.2) is 24.5 Å². The second-order valence-corrected chi connectivity index (χ2v) is 6.39. The molecule has 2 heterocycles. The molecule has 0 radical (unpaired) electrons. The molecule has 2 aromatic rings. The fourth-order valence-corrected chi connectivity index (χ4v) is 2.90. The van der Waals surface area contributed by atoms with Crippen molar-refractivity contribution >= 4 is 17.6 Å². The monoisotopic (exact) mass is 330 g/mol. The maximum Gasteiger partial charge on any atom is 0.230 e. The van der Waals surface area contributed by atoms with Crippen molar-refractivity contribution < 1.29 is 9.59 Å². The van der Waals surface area contributed by atoms with Crippen LogP contribution in [-0.2, 0) is 16.1 Å². The Hall–Kier alpha value is -2.64. The molecule has 1 aliphatic rings. The number of anilines is 1. The molecule has 1 aliphatic carbocycles. The highest BCUT2D eigenvalue weighted by Gasteiger charge is 2.32. The molecule has 24 heavy (non-hydrogen) atoms. The number of aromatic amines is 1. The zero-order valence-electron chi connectivity index (χ0n) is 13.8. The summed E-state index contributed by atoms with van der Waals surface area (Å²) in [6.07, 6.45) is 5.29. The lowest BCUT2D eigenvalue weighted by atomic mass is 9.78. The molecule has 0 bridgehead atoms. The van der Waals surface area contributed by atoms with Gasteiger partial charge in [-0.1, -0.05) is 6.92 Å². The number of hydrogen-bond acceptors (Lipinski definition) is 4. The molecule has 8 nitrogen and oxygen atoms in total. The van der Waals surface area contributed by atoms with Crippen molar-refractivity contribution in [2.24, 2.45) is 5.92 Å². The summed E-state index contributed by atoms with van der Waals surface area (Å²) in [7, 11) is 0. The van der Waals surface area contributed by atoms with Gasteiger partial charge in [-0.2, -0.15) is 10.2 Å². The molecule has 0 saturated heterocycles. The molecule has 0 aromatic carbocycles. The first-order valence-electron chi connectivity index (χ1n) is 8.12. The third-order valence-electron chi connectivity index (χ3n) is 4.29. The minimum atomic E-state index is -0.204. The summed E-state index contributed by atoms with van der Waals surface area (Å²) in [6, 6.07) is 3.93. The van der Waals surface area contributed by atoms with Crippen LogP contribution in [0.2, 0.25) is 0 Å². The van der Waals surface area contributed by atoms with Gasteiger partial charge < -0.3 is 10.6 Å². The van der Waals surface area contributed by atoms with Crippen LogP contribution in [0.25, 0.3) is 0 Å². The summed E-state index contributed by atoms with van der Waals surface area (Å²) in [5.41, 5.74) is 0.923. The van der Waals surface area contributed by atoms with Gasteiger partial charge in [-0.3, -0.25) is 19.4 Å². The molecule has 1 fully saturated rings. The number of nitrogens with zero attached hydrogens (tertiary/aromatic N) is 3. The van der Waals surface area contributed by atoms with Crippen molar-refractivity contribution in [1.29, 1.82) is 0 Å². The van der Waals surface area contributed by atoms with Crippen LogP contribution in [0.3, 0.4) is 0 Å². The van der Waals surface area contributed by atoms with E-state index in [4.69, 9.17) is 0 Å². The van der Waals surface area contributed by atoms with Crippen LogP contribution in [0.4, 0.5) is 5.82 Å².